The number of carboxylic acids is 1. The maximum absolute atomic E-state index is 10.7. The minimum Gasteiger partial charge on any atom is -0.477 e. The molecule has 1 atom stereocenters. The standard InChI is InChI=1S/C10H13N3O3/c1-6(9(11)14)12-5-7-3-2-4-8(13-7)10(15)16/h2-4,6,12H,5H2,1H3,(H2,11,14)(H,15,16). The average molecular weight is 223 g/mol. The number of primary amides is 1. The predicted octanol–water partition coefficient (Wildman–Crippen LogP) is -0.257. The molecule has 0 aliphatic carbocycles. The van der Waals surface area contributed by atoms with Gasteiger partial charge in [0.2, 0.25) is 5.91 Å². The summed E-state index contributed by atoms with van der Waals surface area (Å²) in [4.78, 5) is 25.3. The number of pyridine rings is 1. The number of carbonyl (C=O) groups excluding carboxylic acids is 1. The van der Waals surface area contributed by atoms with Crippen molar-refractivity contribution in [3.8, 4) is 0 Å². The number of nitrogens with zero attached hydrogens (tertiary/aromatic N) is 1. The van der Waals surface area contributed by atoms with E-state index in [4.69, 9.17) is 10.8 Å². The van der Waals surface area contributed by atoms with Gasteiger partial charge in [0.15, 0.2) is 0 Å². The molecule has 4 N–H and O–H groups in total. The second-order valence-corrected chi connectivity index (χ2v) is 3.32. The molecule has 1 heterocycles. The van der Waals surface area contributed by atoms with Crippen LogP contribution in [0.4, 0.5) is 0 Å². The van der Waals surface area contributed by atoms with Crippen molar-refractivity contribution in [1.29, 1.82) is 0 Å². The summed E-state index contributed by atoms with van der Waals surface area (Å²) >= 11 is 0. The summed E-state index contributed by atoms with van der Waals surface area (Å²) in [7, 11) is 0. The van der Waals surface area contributed by atoms with Gasteiger partial charge in [-0.25, -0.2) is 9.78 Å². The fourth-order valence-corrected chi connectivity index (χ4v) is 1.06. The van der Waals surface area contributed by atoms with E-state index in [0.29, 0.717) is 12.2 Å². The van der Waals surface area contributed by atoms with Gasteiger partial charge in [0.1, 0.15) is 5.69 Å². The molecule has 6 heteroatoms. The van der Waals surface area contributed by atoms with Gasteiger partial charge >= 0.3 is 5.97 Å². The van der Waals surface area contributed by atoms with Crippen molar-refractivity contribution in [3.63, 3.8) is 0 Å². The van der Waals surface area contributed by atoms with Crippen LogP contribution in [0, 0.1) is 0 Å². The van der Waals surface area contributed by atoms with Crippen LogP contribution >= 0.6 is 0 Å². The first-order chi connectivity index (χ1) is 7.50. The maximum Gasteiger partial charge on any atom is 0.354 e. The lowest BCUT2D eigenvalue weighted by atomic mass is 10.2. The molecule has 1 rings (SSSR count). The number of aromatic carboxylic acids is 1. The van der Waals surface area contributed by atoms with Crippen LogP contribution < -0.4 is 11.1 Å². The van der Waals surface area contributed by atoms with E-state index in [-0.39, 0.29) is 5.69 Å². The fraction of sp³-hybridized carbons (Fsp3) is 0.300. The Kier molecular flexibility index (Phi) is 3.96. The first-order valence-corrected chi connectivity index (χ1v) is 4.72. The van der Waals surface area contributed by atoms with Gasteiger partial charge in [0.05, 0.1) is 11.7 Å². The lowest BCUT2D eigenvalue weighted by Gasteiger charge is -2.09. The summed E-state index contributed by atoms with van der Waals surface area (Å²) in [6.45, 7) is 1.93. The summed E-state index contributed by atoms with van der Waals surface area (Å²) in [5.41, 5.74) is 5.59. The molecule has 0 fully saturated rings. The van der Waals surface area contributed by atoms with Crippen molar-refractivity contribution in [3.05, 3.63) is 29.6 Å². The first-order valence-electron chi connectivity index (χ1n) is 4.72. The molecule has 0 spiro atoms. The van der Waals surface area contributed by atoms with E-state index in [9.17, 15) is 9.59 Å². The number of amides is 1. The van der Waals surface area contributed by atoms with Crippen LogP contribution in [0.5, 0.6) is 0 Å². The molecule has 0 aliphatic rings. The largest absolute Gasteiger partial charge is 0.477 e. The van der Waals surface area contributed by atoms with E-state index < -0.39 is 17.9 Å². The number of carbonyl (C=O) groups is 2. The minimum absolute atomic E-state index is 0.0222. The summed E-state index contributed by atoms with van der Waals surface area (Å²) in [6.07, 6.45) is 0. The lowest BCUT2D eigenvalue weighted by Crippen LogP contribution is -2.38. The van der Waals surface area contributed by atoms with Crippen LogP contribution in [0.1, 0.15) is 23.1 Å². The highest BCUT2D eigenvalue weighted by Gasteiger charge is 2.09. The Morgan fingerprint density at radius 2 is 2.25 bits per heavy atom. The summed E-state index contributed by atoms with van der Waals surface area (Å²) in [6, 6.07) is 4.20. The van der Waals surface area contributed by atoms with E-state index in [1.807, 2.05) is 0 Å². The average Bonchev–Trinajstić information content (AvgIpc) is 2.26. The smallest absolute Gasteiger partial charge is 0.354 e. The molecular weight excluding hydrogens is 210 g/mol. The SMILES string of the molecule is CC(NCc1cccc(C(=O)O)n1)C(N)=O. The van der Waals surface area contributed by atoms with Crippen LogP contribution in [-0.4, -0.2) is 28.0 Å². The molecule has 16 heavy (non-hydrogen) atoms. The van der Waals surface area contributed by atoms with Crippen LogP contribution in [0.15, 0.2) is 18.2 Å². The zero-order valence-corrected chi connectivity index (χ0v) is 8.80. The Labute approximate surface area is 92.5 Å². The van der Waals surface area contributed by atoms with Crippen LogP contribution in [0.2, 0.25) is 0 Å². The Morgan fingerprint density at radius 1 is 1.56 bits per heavy atom. The Bertz CT molecular complexity index is 406. The zero-order chi connectivity index (χ0) is 12.1. The Hall–Kier alpha value is -1.95. The summed E-state index contributed by atoms with van der Waals surface area (Å²) in [5, 5.41) is 11.6. The molecule has 0 aliphatic heterocycles. The highest BCUT2D eigenvalue weighted by molar-refractivity contribution is 5.85. The zero-order valence-electron chi connectivity index (χ0n) is 8.80. The van der Waals surface area contributed by atoms with Gasteiger partial charge in [0, 0.05) is 6.54 Å². The number of aromatic nitrogens is 1. The van der Waals surface area contributed by atoms with Crippen molar-refractivity contribution in [2.75, 3.05) is 0 Å². The van der Waals surface area contributed by atoms with Gasteiger partial charge in [-0.05, 0) is 19.1 Å². The molecule has 0 saturated carbocycles. The third-order valence-corrected chi connectivity index (χ3v) is 2.04. The summed E-state index contributed by atoms with van der Waals surface area (Å²) < 4.78 is 0. The van der Waals surface area contributed by atoms with Crippen molar-refractivity contribution in [2.24, 2.45) is 5.73 Å². The molecule has 86 valence electrons. The van der Waals surface area contributed by atoms with E-state index in [0.717, 1.165) is 0 Å². The van der Waals surface area contributed by atoms with Gasteiger partial charge in [0.25, 0.3) is 0 Å². The maximum atomic E-state index is 10.7. The van der Waals surface area contributed by atoms with E-state index >= 15 is 0 Å². The monoisotopic (exact) mass is 223 g/mol. The number of carboxylic acid groups (broad SMARTS) is 1. The molecule has 1 aromatic heterocycles. The minimum atomic E-state index is -1.08. The van der Waals surface area contributed by atoms with E-state index in [2.05, 4.69) is 10.3 Å². The van der Waals surface area contributed by atoms with Crippen molar-refractivity contribution >= 4 is 11.9 Å². The molecular formula is C10H13N3O3. The van der Waals surface area contributed by atoms with Crippen LogP contribution in [0.25, 0.3) is 0 Å². The normalized spacial score (nSPS) is 12.1. The molecule has 1 amide bonds. The predicted molar refractivity (Wildman–Crippen MR) is 56.7 cm³/mol. The third kappa shape index (κ3) is 3.32. The van der Waals surface area contributed by atoms with E-state index in [1.54, 1.807) is 19.1 Å². The number of hydrogen-bond donors (Lipinski definition) is 3. The summed E-state index contributed by atoms with van der Waals surface area (Å²) in [5.74, 6) is -1.54. The van der Waals surface area contributed by atoms with Crippen LogP contribution in [0.3, 0.4) is 0 Å². The van der Waals surface area contributed by atoms with Gasteiger partial charge in [-0.2, -0.15) is 0 Å². The molecule has 6 nitrogen and oxygen atoms in total. The number of rotatable bonds is 5. The second-order valence-electron chi connectivity index (χ2n) is 3.32. The highest BCUT2D eigenvalue weighted by atomic mass is 16.4. The number of nitrogens with one attached hydrogen (secondary N) is 1. The van der Waals surface area contributed by atoms with E-state index in [1.165, 1.54) is 6.07 Å². The van der Waals surface area contributed by atoms with Crippen molar-refractivity contribution < 1.29 is 14.7 Å². The topological polar surface area (TPSA) is 105 Å². The second kappa shape index (κ2) is 5.22. The fourth-order valence-electron chi connectivity index (χ4n) is 1.06. The van der Waals surface area contributed by atoms with Gasteiger partial charge in [-0.3, -0.25) is 4.79 Å². The molecule has 0 radical (unpaired) electrons. The molecule has 1 aromatic rings. The van der Waals surface area contributed by atoms with Gasteiger partial charge in [-0.15, -0.1) is 0 Å². The molecule has 0 saturated heterocycles. The lowest BCUT2D eigenvalue weighted by molar-refractivity contribution is -0.119. The van der Waals surface area contributed by atoms with Crippen LogP contribution in [-0.2, 0) is 11.3 Å². The number of nitrogens with two attached hydrogens (primary N) is 1. The third-order valence-electron chi connectivity index (χ3n) is 2.04. The molecule has 1 unspecified atom stereocenters. The molecule has 0 aromatic carbocycles. The highest BCUT2D eigenvalue weighted by Crippen LogP contribution is 1.99. The Balaban J connectivity index is 2.64. The number of hydrogen-bond acceptors (Lipinski definition) is 4. The quantitative estimate of drug-likeness (QED) is 0.638. The van der Waals surface area contributed by atoms with Crippen molar-refractivity contribution in [1.82, 2.24) is 10.3 Å². The first kappa shape index (κ1) is 12.1. The van der Waals surface area contributed by atoms with Gasteiger partial charge in [-0.1, -0.05) is 6.07 Å². The van der Waals surface area contributed by atoms with Gasteiger partial charge < -0.3 is 16.2 Å². The molecule has 0 bridgehead atoms. The van der Waals surface area contributed by atoms with Crippen molar-refractivity contribution in [2.45, 2.75) is 19.5 Å². The Morgan fingerprint density at radius 3 is 2.81 bits per heavy atom.